The Balaban J connectivity index is 2.17. The van der Waals surface area contributed by atoms with Crippen LogP contribution in [0.3, 0.4) is 0 Å². The number of carbonyl (C=O) groups excluding carboxylic acids is 2. The third kappa shape index (κ3) is 6.23. The van der Waals surface area contributed by atoms with Crippen molar-refractivity contribution in [3.05, 3.63) is 62.6 Å². The minimum Gasteiger partial charge on any atom is -0.453 e. The van der Waals surface area contributed by atoms with E-state index in [-0.39, 0.29) is 40.4 Å². The van der Waals surface area contributed by atoms with Gasteiger partial charge in [-0.1, -0.05) is 23.2 Å². The first-order valence-electron chi connectivity index (χ1n) is 11.2. The molecule has 2 amide bonds. The van der Waals surface area contributed by atoms with Crippen LogP contribution in [-0.4, -0.2) is 36.8 Å². The normalized spacial score (nSPS) is 17.6. The molecule has 38 heavy (non-hydrogen) atoms. The van der Waals surface area contributed by atoms with E-state index >= 15 is 0 Å². The number of benzene rings is 2. The summed E-state index contributed by atoms with van der Waals surface area (Å²) < 4.78 is 90.5. The summed E-state index contributed by atoms with van der Waals surface area (Å²) in [5.41, 5.74) is -3.10. The smallest absolute Gasteiger partial charge is 0.416 e. The van der Waals surface area contributed by atoms with Crippen LogP contribution in [0, 0.1) is 0 Å². The number of rotatable bonds is 4. The largest absolute Gasteiger partial charge is 0.453 e. The fraction of sp³-hybridized carbons (Fsp3) is 0.417. The molecule has 0 saturated heterocycles. The Morgan fingerprint density at radius 3 is 2.11 bits per heavy atom. The fourth-order valence-electron chi connectivity index (χ4n) is 4.36. The van der Waals surface area contributed by atoms with E-state index in [1.807, 2.05) is 0 Å². The lowest BCUT2D eigenvalue weighted by atomic mass is 9.90. The number of hydrogen-bond donors (Lipinski definition) is 0. The zero-order valence-corrected chi connectivity index (χ0v) is 21.7. The van der Waals surface area contributed by atoms with Crippen LogP contribution in [0.2, 0.25) is 10.0 Å². The number of fused-ring (bicyclic) bond motifs is 1. The minimum atomic E-state index is -5.07. The van der Waals surface area contributed by atoms with Gasteiger partial charge in [-0.15, -0.1) is 0 Å². The van der Waals surface area contributed by atoms with E-state index in [1.165, 1.54) is 17.0 Å². The van der Waals surface area contributed by atoms with E-state index in [1.54, 1.807) is 13.8 Å². The van der Waals surface area contributed by atoms with Crippen LogP contribution in [0.25, 0.3) is 0 Å². The van der Waals surface area contributed by atoms with Gasteiger partial charge in [0, 0.05) is 23.2 Å². The molecule has 0 aliphatic carbocycles. The molecule has 6 nitrogen and oxygen atoms in total. The number of carbonyl (C=O) groups is 2. The molecular formula is C24H22Cl2F6N2O4. The van der Waals surface area contributed by atoms with Gasteiger partial charge in [-0.3, -0.25) is 9.80 Å². The first-order valence-corrected chi connectivity index (χ1v) is 11.9. The Morgan fingerprint density at radius 2 is 1.61 bits per heavy atom. The minimum absolute atomic E-state index is 0.000726. The molecule has 2 aromatic carbocycles. The van der Waals surface area contributed by atoms with Crippen molar-refractivity contribution in [3.8, 4) is 0 Å². The summed E-state index contributed by atoms with van der Waals surface area (Å²) >= 11 is 12.6. The number of ether oxygens (including phenoxy) is 2. The summed E-state index contributed by atoms with van der Waals surface area (Å²) in [6.07, 6.45) is -11.9. The second-order valence-corrected chi connectivity index (χ2v) is 9.35. The standard InChI is InChI=1S/C24H22Cl2F6N2O4/c1-4-38-22(36)34-12(2)5-19(17-9-16(25)10-18(26)20(17)34)33(21(35)37-3)11-13-6-14(23(27,28)29)8-15(7-13)24(30,31)32/h6-10,12,19H,4-5,11H2,1-3H3/t12-,19+/m0/s1. The molecule has 0 radical (unpaired) electrons. The molecule has 1 aliphatic rings. The molecule has 2 atom stereocenters. The maximum Gasteiger partial charge on any atom is 0.416 e. The average molecular weight is 587 g/mol. The van der Waals surface area contributed by atoms with Gasteiger partial charge < -0.3 is 9.47 Å². The van der Waals surface area contributed by atoms with E-state index in [2.05, 4.69) is 0 Å². The third-order valence-corrected chi connectivity index (χ3v) is 6.42. The van der Waals surface area contributed by atoms with Crippen molar-refractivity contribution in [2.75, 3.05) is 18.6 Å². The zero-order valence-electron chi connectivity index (χ0n) is 20.2. The summed E-state index contributed by atoms with van der Waals surface area (Å²) in [7, 11) is 1.02. The van der Waals surface area contributed by atoms with Crippen LogP contribution in [0.15, 0.2) is 30.3 Å². The summed E-state index contributed by atoms with van der Waals surface area (Å²) in [6, 6.07) is 2.20. The van der Waals surface area contributed by atoms with Crippen molar-refractivity contribution in [2.45, 2.75) is 51.2 Å². The number of nitrogens with zero attached hydrogens (tertiary/aromatic N) is 2. The van der Waals surface area contributed by atoms with Gasteiger partial charge in [-0.2, -0.15) is 26.3 Å². The number of halogens is 8. The molecule has 2 aromatic rings. The summed E-state index contributed by atoms with van der Waals surface area (Å²) in [6.45, 7) is 2.60. The summed E-state index contributed by atoms with van der Waals surface area (Å²) in [4.78, 5) is 27.8. The number of anilines is 1. The predicted molar refractivity (Wildman–Crippen MR) is 127 cm³/mol. The highest BCUT2D eigenvalue weighted by molar-refractivity contribution is 6.37. The topological polar surface area (TPSA) is 59.1 Å². The van der Waals surface area contributed by atoms with Gasteiger partial charge in [0.25, 0.3) is 0 Å². The molecule has 1 heterocycles. The molecule has 208 valence electrons. The maximum absolute atomic E-state index is 13.4. The molecule has 0 aromatic heterocycles. The highest BCUT2D eigenvalue weighted by Gasteiger charge is 2.42. The van der Waals surface area contributed by atoms with Crippen LogP contribution < -0.4 is 4.90 Å². The Labute approximate surface area is 224 Å². The predicted octanol–water partition coefficient (Wildman–Crippen LogP) is 8.10. The molecule has 0 spiro atoms. The lowest BCUT2D eigenvalue weighted by Gasteiger charge is -2.43. The van der Waals surface area contributed by atoms with Crippen molar-refractivity contribution >= 4 is 41.1 Å². The Hall–Kier alpha value is -2.86. The SMILES string of the molecule is CCOC(=O)N1c2c(Cl)cc(Cl)cc2[C@H](N(Cc2cc(C(F)(F)F)cc(C(F)(F)F)c2)C(=O)OC)C[C@@H]1C. The molecule has 0 fully saturated rings. The fourth-order valence-corrected chi connectivity index (χ4v) is 4.96. The van der Waals surface area contributed by atoms with Crippen LogP contribution in [0.5, 0.6) is 0 Å². The molecule has 0 unspecified atom stereocenters. The highest BCUT2D eigenvalue weighted by Crippen LogP contribution is 2.47. The van der Waals surface area contributed by atoms with Crippen LogP contribution >= 0.6 is 23.2 Å². The maximum atomic E-state index is 13.4. The number of amides is 2. The second kappa shape index (κ2) is 11.1. The number of hydrogen-bond acceptors (Lipinski definition) is 4. The Kier molecular flexibility index (Phi) is 8.67. The molecule has 0 saturated carbocycles. The number of alkyl halides is 6. The summed E-state index contributed by atoms with van der Waals surface area (Å²) in [5, 5.41) is 0.153. The van der Waals surface area contributed by atoms with Gasteiger partial charge in [0.05, 0.1) is 41.6 Å². The first-order chi connectivity index (χ1) is 17.6. The molecule has 0 bridgehead atoms. The molecule has 0 N–H and O–H groups in total. The van der Waals surface area contributed by atoms with Crippen molar-refractivity contribution in [2.24, 2.45) is 0 Å². The van der Waals surface area contributed by atoms with Crippen LogP contribution in [-0.2, 0) is 28.4 Å². The van der Waals surface area contributed by atoms with Gasteiger partial charge in [0.1, 0.15) is 0 Å². The third-order valence-electron chi connectivity index (χ3n) is 5.91. The summed E-state index contributed by atoms with van der Waals surface area (Å²) in [5.74, 6) is 0. The van der Waals surface area contributed by atoms with E-state index in [9.17, 15) is 35.9 Å². The van der Waals surface area contributed by atoms with Crippen molar-refractivity contribution in [1.29, 1.82) is 0 Å². The molecular weight excluding hydrogens is 565 g/mol. The van der Waals surface area contributed by atoms with Crippen LogP contribution in [0.4, 0.5) is 41.6 Å². The van der Waals surface area contributed by atoms with Crippen molar-refractivity contribution < 1.29 is 45.4 Å². The van der Waals surface area contributed by atoms with Gasteiger partial charge in [-0.05, 0) is 56.2 Å². The van der Waals surface area contributed by atoms with E-state index in [0.717, 1.165) is 12.0 Å². The monoisotopic (exact) mass is 586 g/mol. The Bertz CT molecular complexity index is 1190. The van der Waals surface area contributed by atoms with Gasteiger partial charge >= 0.3 is 24.5 Å². The van der Waals surface area contributed by atoms with Crippen LogP contribution in [0.1, 0.15) is 48.6 Å². The quantitative estimate of drug-likeness (QED) is 0.340. The first kappa shape index (κ1) is 29.7. The zero-order chi connectivity index (χ0) is 28.6. The van der Waals surface area contributed by atoms with E-state index < -0.39 is 59.9 Å². The number of methoxy groups -OCH3 is 1. The van der Waals surface area contributed by atoms with Crippen molar-refractivity contribution in [1.82, 2.24) is 4.90 Å². The molecule has 14 heteroatoms. The molecule has 1 aliphatic heterocycles. The van der Waals surface area contributed by atoms with Gasteiger partial charge in [0.15, 0.2) is 0 Å². The van der Waals surface area contributed by atoms with E-state index in [0.29, 0.717) is 12.1 Å². The second-order valence-electron chi connectivity index (χ2n) is 8.51. The lowest BCUT2D eigenvalue weighted by Crippen LogP contribution is -2.47. The average Bonchev–Trinajstić information content (AvgIpc) is 2.80. The highest BCUT2D eigenvalue weighted by atomic mass is 35.5. The van der Waals surface area contributed by atoms with Crippen molar-refractivity contribution in [3.63, 3.8) is 0 Å². The van der Waals surface area contributed by atoms with E-state index in [4.69, 9.17) is 32.7 Å². The lowest BCUT2D eigenvalue weighted by molar-refractivity contribution is -0.143. The Morgan fingerprint density at radius 1 is 1.03 bits per heavy atom. The van der Waals surface area contributed by atoms with Gasteiger partial charge in [0.2, 0.25) is 0 Å². The van der Waals surface area contributed by atoms with Gasteiger partial charge in [-0.25, -0.2) is 9.59 Å². The molecule has 3 rings (SSSR count).